The van der Waals surface area contributed by atoms with Gasteiger partial charge in [0.05, 0.1) is 0 Å². The summed E-state index contributed by atoms with van der Waals surface area (Å²) in [5, 5.41) is 6.79. The van der Waals surface area contributed by atoms with E-state index in [1.54, 1.807) is 0 Å². The zero-order valence-electron chi connectivity index (χ0n) is 14.6. The number of amides is 1. The SMILES string of the molecule is CC(C)CCC(NC(=O)C1CC12CCNCC2)C(C)(C)C. The molecule has 1 saturated heterocycles. The van der Waals surface area contributed by atoms with Crippen LogP contribution in [0.1, 0.15) is 66.7 Å². The van der Waals surface area contributed by atoms with E-state index in [0.29, 0.717) is 23.3 Å². The van der Waals surface area contributed by atoms with E-state index in [4.69, 9.17) is 0 Å². The highest BCUT2D eigenvalue weighted by Crippen LogP contribution is 2.58. The molecular weight excluding hydrogens is 260 g/mol. The highest BCUT2D eigenvalue weighted by atomic mass is 16.2. The fourth-order valence-electron chi connectivity index (χ4n) is 3.69. The predicted molar refractivity (Wildman–Crippen MR) is 88.1 cm³/mol. The summed E-state index contributed by atoms with van der Waals surface area (Å²) in [6.45, 7) is 13.4. The summed E-state index contributed by atoms with van der Waals surface area (Å²) in [6, 6.07) is 0.298. The predicted octanol–water partition coefficient (Wildman–Crippen LogP) is 3.34. The molecule has 122 valence electrons. The van der Waals surface area contributed by atoms with Crippen LogP contribution in [-0.4, -0.2) is 25.0 Å². The van der Waals surface area contributed by atoms with Gasteiger partial charge in [-0.25, -0.2) is 0 Å². The minimum atomic E-state index is 0.140. The van der Waals surface area contributed by atoms with Crippen molar-refractivity contribution < 1.29 is 4.79 Å². The number of carbonyl (C=O) groups excluding carboxylic acids is 1. The van der Waals surface area contributed by atoms with Gasteiger partial charge >= 0.3 is 0 Å². The Labute approximate surface area is 130 Å². The summed E-state index contributed by atoms with van der Waals surface area (Å²) >= 11 is 0. The number of hydrogen-bond donors (Lipinski definition) is 2. The monoisotopic (exact) mass is 294 g/mol. The van der Waals surface area contributed by atoms with E-state index in [1.807, 2.05) is 0 Å². The van der Waals surface area contributed by atoms with Crippen LogP contribution in [0.5, 0.6) is 0 Å². The second kappa shape index (κ2) is 6.28. The minimum Gasteiger partial charge on any atom is -0.353 e. The Hall–Kier alpha value is -0.570. The summed E-state index contributed by atoms with van der Waals surface area (Å²) in [7, 11) is 0. The molecule has 2 N–H and O–H groups in total. The fourth-order valence-corrected chi connectivity index (χ4v) is 3.69. The Morgan fingerprint density at radius 3 is 2.38 bits per heavy atom. The lowest BCUT2D eigenvalue weighted by Gasteiger charge is -2.33. The number of carbonyl (C=O) groups is 1. The van der Waals surface area contributed by atoms with E-state index in [2.05, 4.69) is 45.3 Å². The molecule has 0 aromatic heterocycles. The van der Waals surface area contributed by atoms with Gasteiger partial charge in [-0.05, 0) is 61.9 Å². The van der Waals surface area contributed by atoms with Crippen LogP contribution in [0.3, 0.4) is 0 Å². The zero-order chi connectivity index (χ0) is 15.7. The summed E-state index contributed by atoms with van der Waals surface area (Å²) in [5.74, 6) is 1.30. The maximum Gasteiger partial charge on any atom is 0.223 e. The van der Waals surface area contributed by atoms with Crippen molar-refractivity contribution in [3.8, 4) is 0 Å². The molecule has 0 bridgehead atoms. The number of nitrogens with one attached hydrogen (secondary N) is 2. The van der Waals surface area contributed by atoms with Crippen LogP contribution in [0, 0.1) is 22.7 Å². The van der Waals surface area contributed by atoms with E-state index >= 15 is 0 Å². The molecule has 2 rings (SSSR count). The van der Waals surface area contributed by atoms with Crippen LogP contribution in [0.25, 0.3) is 0 Å². The van der Waals surface area contributed by atoms with Crippen molar-refractivity contribution in [1.82, 2.24) is 10.6 Å². The fraction of sp³-hybridized carbons (Fsp3) is 0.944. The van der Waals surface area contributed by atoms with Gasteiger partial charge in [0.15, 0.2) is 0 Å². The Balaban J connectivity index is 1.89. The first-order valence-electron chi connectivity index (χ1n) is 8.76. The maximum absolute atomic E-state index is 12.6. The molecule has 1 spiro atoms. The summed E-state index contributed by atoms with van der Waals surface area (Å²) in [4.78, 5) is 12.6. The van der Waals surface area contributed by atoms with Gasteiger partial charge in [0.2, 0.25) is 5.91 Å². The molecule has 3 nitrogen and oxygen atoms in total. The maximum atomic E-state index is 12.6. The molecule has 2 unspecified atom stereocenters. The van der Waals surface area contributed by atoms with Crippen LogP contribution in [0.2, 0.25) is 0 Å². The van der Waals surface area contributed by atoms with E-state index in [9.17, 15) is 4.79 Å². The van der Waals surface area contributed by atoms with E-state index in [1.165, 1.54) is 19.3 Å². The van der Waals surface area contributed by atoms with E-state index < -0.39 is 0 Å². The molecule has 2 fully saturated rings. The van der Waals surface area contributed by atoms with Crippen LogP contribution >= 0.6 is 0 Å². The Morgan fingerprint density at radius 1 is 1.24 bits per heavy atom. The normalized spacial score (nSPS) is 25.9. The van der Waals surface area contributed by atoms with Gasteiger partial charge in [-0.1, -0.05) is 34.6 Å². The second-order valence-corrected chi connectivity index (χ2v) is 8.77. The number of hydrogen-bond acceptors (Lipinski definition) is 2. The van der Waals surface area contributed by atoms with Crippen LogP contribution in [-0.2, 0) is 4.79 Å². The van der Waals surface area contributed by atoms with Gasteiger partial charge in [-0.3, -0.25) is 4.79 Å². The van der Waals surface area contributed by atoms with Gasteiger partial charge in [-0.2, -0.15) is 0 Å². The highest BCUT2D eigenvalue weighted by Gasteiger charge is 2.57. The molecular formula is C18H34N2O. The van der Waals surface area contributed by atoms with Crippen molar-refractivity contribution in [3.63, 3.8) is 0 Å². The quantitative estimate of drug-likeness (QED) is 0.816. The molecule has 21 heavy (non-hydrogen) atoms. The first kappa shape index (κ1) is 16.8. The van der Waals surface area contributed by atoms with Gasteiger partial charge in [0.25, 0.3) is 0 Å². The van der Waals surface area contributed by atoms with Gasteiger partial charge in [0, 0.05) is 12.0 Å². The van der Waals surface area contributed by atoms with Crippen molar-refractivity contribution >= 4 is 5.91 Å². The zero-order valence-corrected chi connectivity index (χ0v) is 14.6. The first-order chi connectivity index (χ1) is 9.74. The van der Waals surface area contributed by atoms with Gasteiger partial charge < -0.3 is 10.6 Å². The molecule has 3 heteroatoms. The Bertz CT molecular complexity index is 364. The van der Waals surface area contributed by atoms with Crippen molar-refractivity contribution in [2.45, 2.75) is 72.8 Å². The average molecular weight is 294 g/mol. The standard InChI is InChI=1S/C18H34N2O/c1-13(2)6-7-15(17(3,4)5)20-16(21)14-12-18(14)8-10-19-11-9-18/h13-15,19H,6-12H2,1-5H3,(H,20,21). The minimum absolute atomic E-state index is 0.140. The second-order valence-electron chi connectivity index (χ2n) is 8.77. The number of piperidine rings is 1. The van der Waals surface area contributed by atoms with E-state index in [0.717, 1.165) is 25.9 Å². The van der Waals surface area contributed by atoms with Gasteiger partial charge in [0.1, 0.15) is 0 Å². The largest absolute Gasteiger partial charge is 0.353 e. The highest BCUT2D eigenvalue weighted by molar-refractivity contribution is 5.83. The third-order valence-corrected chi connectivity index (χ3v) is 5.50. The Morgan fingerprint density at radius 2 is 1.86 bits per heavy atom. The average Bonchev–Trinajstić information content (AvgIpc) is 3.07. The molecule has 1 aliphatic heterocycles. The van der Waals surface area contributed by atoms with Crippen molar-refractivity contribution in [1.29, 1.82) is 0 Å². The van der Waals surface area contributed by atoms with Crippen molar-refractivity contribution in [2.75, 3.05) is 13.1 Å². The summed E-state index contributed by atoms with van der Waals surface area (Å²) in [5.41, 5.74) is 0.483. The topological polar surface area (TPSA) is 41.1 Å². The summed E-state index contributed by atoms with van der Waals surface area (Å²) < 4.78 is 0. The molecule has 0 aromatic rings. The Kier molecular flexibility index (Phi) is 5.02. The third-order valence-electron chi connectivity index (χ3n) is 5.50. The van der Waals surface area contributed by atoms with Crippen LogP contribution in [0.4, 0.5) is 0 Å². The smallest absolute Gasteiger partial charge is 0.223 e. The third kappa shape index (κ3) is 4.21. The van der Waals surface area contributed by atoms with Crippen molar-refractivity contribution in [3.05, 3.63) is 0 Å². The van der Waals surface area contributed by atoms with E-state index in [-0.39, 0.29) is 11.3 Å². The molecule has 1 amide bonds. The molecule has 1 saturated carbocycles. The number of rotatable bonds is 5. The first-order valence-corrected chi connectivity index (χ1v) is 8.76. The summed E-state index contributed by atoms with van der Waals surface area (Å²) in [6.07, 6.45) is 5.74. The molecule has 0 radical (unpaired) electrons. The van der Waals surface area contributed by atoms with Crippen LogP contribution in [0.15, 0.2) is 0 Å². The van der Waals surface area contributed by atoms with Crippen LogP contribution < -0.4 is 10.6 Å². The molecule has 1 heterocycles. The lowest BCUT2D eigenvalue weighted by Crippen LogP contribution is -2.45. The van der Waals surface area contributed by atoms with Gasteiger partial charge in [-0.15, -0.1) is 0 Å². The van der Waals surface area contributed by atoms with Crippen molar-refractivity contribution in [2.24, 2.45) is 22.7 Å². The molecule has 1 aliphatic carbocycles. The lowest BCUT2D eigenvalue weighted by atomic mass is 9.82. The lowest BCUT2D eigenvalue weighted by molar-refractivity contribution is -0.124. The molecule has 2 aliphatic rings. The molecule has 0 aromatic carbocycles. The molecule has 2 atom stereocenters.